The molecular weight excluding hydrogens is 385 g/mol. The molecule has 0 aromatic heterocycles. The van der Waals surface area contributed by atoms with Crippen molar-refractivity contribution in [1.82, 2.24) is 15.1 Å². The number of halogens is 1. The first-order chi connectivity index (χ1) is 14.3. The van der Waals surface area contributed by atoms with Gasteiger partial charge in [0, 0.05) is 19.1 Å². The van der Waals surface area contributed by atoms with Crippen molar-refractivity contribution in [3.8, 4) is 0 Å². The fourth-order valence-electron chi connectivity index (χ4n) is 5.51. The SMILES string of the molecule is CN(C(=O)O)C12CC(NC(=O)N3CCc4ccccc4C3c3ccc(F)cc3)(C1)C2. The third-order valence-electron chi connectivity index (χ3n) is 7.10. The quantitative estimate of drug-likeness (QED) is 0.811. The van der Waals surface area contributed by atoms with Crippen LogP contribution in [0.5, 0.6) is 0 Å². The summed E-state index contributed by atoms with van der Waals surface area (Å²) in [6, 6.07) is 14.0. The average Bonchev–Trinajstić information content (AvgIpc) is 2.68. The van der Waals surface area contributed by atoms with Crippen LogP contribution in [0.25, 0.3) is 0 Å². The fourth-order valence-corrected chi connectivity index (χ4v) is 5.51. The van der Waals surface area contributed by atoms with E-state index in [1.165, 1.54) is 22.6 Å². The Balaban J connectivity index is 1.38. The Morgan fingerprint density at radius 2 is 1.80 bits per heavy atom. The van der Waals surface area contributed by atoms with E-state index in [0.717, 1.165) is 17.5 Å². The van der Waals surface area contributed by atoms with Gasteiger partial charge in [-0.15, -0.1) is 0 Å². The third kappa shape index (κ3) is 2.75. The summed E-state index contributed by atoms with van der Waals surface area (Å²) in [5.41, 5.74) is 2.49. The van der Waals surface area contributed by atoms with Crippen molar-refractivity contribution >= 4 is 12.1 Å². The van der Waals surface area contributed by atoms with Crippen LogP contribution < -0.4 is 5.32 Å². The van der Waals surface area contributed by atoms with Crippen LogP contribution in [0.3, 0.4) is 0 Å². The van der Waals surface area contributed by atoms with Crippen LogP contribution in [0.4, 0.5) is 14.0 Å². The molecule has 1 aliphatic heterocycles. The normalized spacial score (nSPS) is 28.6. The molecule has 4 aliphatic rings. The number of nitrogens with one attached hydrogen (secondary N) is 1. The van der Waals surface area contributed by atoms with Crippen LogP contribution >= 0.6 is 0 Å². The zero-order chi connectivity index (χ0) is 21.1. The van der Waals surface area contributed by atoms with E-state index < -0.39 is 6.09 Å². The van der Waals surface area contributed by atoms with E-state index in [0.29, 0.717) is 25.8 Å². The van der Waals surface area contributed by atoms with Crippen molar-refractivity contribution < 1.29 is 19.1 Å². The van der Waals surface area contributed by atoms with E-state index in [1.54, 1.807) is 19.2 Å². The second-order valence-corrected chi connectivity index (χ2v) is 8.90. The number of nitrogens with zero attached hydrogens (tertiary/aromatic N) is 2. The second kappa shape index (κ2) is 6.45. The molecule has 2 aromatic rings. The molecule has 2 aromatic carbocycles. The number of hydrogen-bond donors (Lipinski definition) is 2. The van der Waals surface area contributed by atoms with Gasteiger partial charge in [-0.3, -0.25) is 0 Å². The lowest BCUT2D eigenvalue weighted by Crippen LogP contribution is -2.84. The van der Waals surface area contributed by atoms with Gasteiger partial charge in [-0.05, 0) is 54.5 Å². The fraction of sp³-hybridized carbons (Fsp3) is 0.391. The monoisotopic (exact) mass is 409 g/mol. The Hall–Kier alpha value is -3.09. The van der Waals surface area contributed by atoms with Gasteiger partial charge in [-0.2, -0.15) is 0 Å². The average molecular weight is 409 g/mol. The number of carbonyl (C=O) groups is 2. The zero-order valence-electron chi connectivity index (χ0n) is 16.8. The zero-order valence-corrected chi connectivity index (χ0v) is 16.8. The molecular formula is C23H24FN3O3. The standard InChI is InChI=1S/C23H24FN3O3/c1-26(21(29)30)23-12-22(13-23,14-23)25-20(28)27-11-10-15-4-2-3-5-18(15)19(27)16-6-8-17(24)9-7-16/h2-9,19H,10-14H2,1H3,(H,25,28)(H,29,30). The van der Waals surface area contributed by atoms with Crippen molar-refractivity contribution in [1.29, 1.82) is 0 Å². The maximum Gasteiger partial charge on any atom is 0.407 e. The molecule has 3 saturated carbocycles. The van der Waals surface area contributed by atoms with Crippen LogP contribution in [0, 0.1) is 5.82 Å². The Morgan fingerprint density at radius 1 is 1.13 bits per heavy atom. The summed E-state index contributed by atoms with van der Waals surface area (Å²) in [5, 5.41) is 12.4. The Kier molecular flexibility index (Phi) is 4.07. The van der Waals surface area contributed by atoms with E-state index in [2.05, 4.69) is 11.4 Å². The van der Waals surface area contributed by atoms with Gasteiger partial charge in [0.15, 0.2) is 0 Å². The van der Waals surface area contributed by atoms with Crippen LogP contribution in [0.15, 0.2) is 48.5 Å². The second-order valence-electron chi connectivity index (χ2n) is 8.90. The lowest BCUT2D eigenvalue weighted by Gasteiger charge is -2.72. The van der Waals surface area contributed by atoms with Gasteiger partial charge in [-0.25, -0.2) is 14.0 Å². The molecule has 3 aliphatic carbocycles. The van der Waals surface area contributed by atoms with Crippen molar-refractivity contribution in [3.05, 3.63) is 71.0 Å². The van der Waals surface area contributed by atoms with Gasteiger partial charge in [0.1, 0.15) is 5.82 Å². The summed E-state index contributed by atoms with van der Waals surface area (Å²) in [5.74, 6) is -0.305. The predicted octanol–water partition coefficient (Wildman–Crippen LogP) is 3.77. The highest BCUT2D eigenvalue weighted by Gasteiger charge is 2.71. The van der Waals surface area contributed by atoms with Gasteiger partial charge in [-0.1, -0.05) is 36.4 Å². The van der Waals surface area contributed by atoms with E-state index >= 15 is 0 Å². The first-order valence-electron chi connectivity index (χ1n) is 10.2. The van der Waals surface area contributed by atoms with Gasteiger partial charge in [0.05, 0.1) is 11.6 Å². The molecule has 0 saturated heterocycles. The highest BCUT2D eigenvalue weighted by molar-refractivity contribution is 5.78. The molecule has 156 valence electrons. The molecule has 1 unspecified atom stereocenters. The number of rotatable bonds is 3. The van der Waals surface area contributed by atoms with Gasteiger partial charge in [0.2, 0.25) is 0 Å². The van der Waals surface area contributed by atoms with Crippen molar-refractivity contribution in [3.63, 3.8) is 0 Å². The van der Waals surface area contributed by atoms with Crippen molar-refractivity contribution in [2.75, 3.05) is 13.6 Å². The summed E-state index contributed by atoms with van der Waals surface area (Å²) in [7, 11) is 1.60. The molecule has 2 N–H and O–H groups in total. The number of amides is 3. The number of urea groups is 1. The molecule has 1 heterocycles. The first kappa shape index (κ1) is 18.9. The first-order valence-corrected chi connectivity index (χ1v) is 10.2. The highest BCUT2D eigenvalue weighted by Crippen LogP contribution is 2.63. The molecule has 6 rings (SSSR count). The smallest absolute Gasteiger partial charge is 0.407 e. The summed E-state index contributed by atoms with van der Waals surface area (Å²) in [6.07, 6.45) is 1.79. The largest absolute Gasteiger partial charge is 0.465 e. The number of carboxylic acid groups (broad SMARTS) is 1. The maximum absolute atomic E-state index is 13.5. The minimum Gasteiger partial charge on any atom is -0.465 e. The lowest BCUT2D eigenvalue weighted by atomic mass is 9.43. The van der Waals surface area contributed by atoms with E-state index in [-0.39, 0.29) is 29.0 Å². The van der Waals surface area contributed by atoms with Crippen LogP contribution in [-0.4, -0.2) is 51.7 Å². The van der Waals surface area contributed by atoms with Gasteiger partial charge in [0.25, 0.3) is 0 Å². The highest BCUT2D eigenvalue weighted by atomic mass is 19.1. The van der Waals surface area contributed by atoms with Crippen LogP contribution in [0.1, 0.15) is 42.0 Å². The van der Waals surface area contributed by atoms with E-state index in [1.807, 2.05) is 23.1 Å². The number of hydrogen-bond acceptors (Lipinski definition) is 2. The molecule has 3 fully saturated rings. The number of benzene rings is 2. The maximum atomic E-state index is 13.5. The number of fused-ring (bicyclic) bond motifs is 1. The van der Waals surface area contributed by atoms with Gasteiger partial charge >= 0.3 is 12.1 Å². The predicted molar refractivity (Wildman–Crippen MR) is 109 cm³/mol. The molecule has 1 atom stereocenters. The topological polar surface area (TPSA) is 72.9 Å². The minimum absolute atomic E-state index is 0.148. The van der Waals surface area contributed by atoms with Crippen molar-refractivity contribution in [2.45, 2.75) is 42.8 Å². The summed E-state index contributed by atoms with van der Waals surface area (Å²) >= 11 is 0. The molecule has 7 heteroatoms. The molecule has 0 spiro atoms. The van der Waals surface area contributed by atoms with Crippen molar-refractivity contribution in [2.24, 2.45) is 0 Å². The molecule has 6 nitrogen and oxygen atoms in total. The molecule has 0 radical (unpaired) electrons. The Bertz CT molecular complexity index is 1000. The lowest BCUT2D eigenvalue weighted by molar-refractivity contribution is -0.152. The Labute approximate surface area is 174 Å². The van der Waals surface area contributed by atoms with Crippen LogP contribution in [0.2, 0.25) is 0 Å². The van der Waals surface area contributed by atoms with E-state index in [9.17, 15) is 19.1 Å². The summed E-state index contributed by atoms with van der Waals surface area (Å²) in [6.45, 7) is 0.571. The third-order valence-corrected chi connectivity index (χ3v) is 7.10. The van der Waals surface area contributed by atoms with Crippen LogP contribution in [-0.2, 0) is 6.42 Å². The summed E-state index contributed by atoms with van der Waals surface area (Å²) in [4.78, 5) is 27.8. The Morgan fingerprint density at radius 3 is 2.47 bits per heavy atom. The molecule has 30 heavy (non-hydrogen) atoms. The van der Waals surface area contributed by atoms with Gasteiger partial charge < -0.3 is 20.2 Å². The summed E-state index contributed by atoms with van der Waals surface area (Å²) < 4.78 is 13.5. The minimum atomic E-state index is -0.932. The van der Waals surface area contributed by atoms with E-state index in [4.69, 9.17) is 0 Å². The molecule has 3 amide bonds. The molecule has 2 bridgehead atoms. The number of carbonyl (C=O) groups excluding carboxylic acids is 1.